The van der Waals surface area contributed by atoms with Crippen LogP contribution in [0.3, 0.4) is 0 Å². The molecule has 0 spiro atoms. The number of halogens is 1. The van der Waals surface area contributed by atoms with Crippen LogP contribution >= 0.6 is 27.7 Å². The topological polar surface area (TPSA) is 15.3 Å². The smallest absolute Gasteiger partial charge is 0.0415 e. The van der Waals surface area contributed by atoms with Crippen LogP contribution in [0.5, 0.6) is 0 Å². The molecule has 2 unspecified atom stereocenters. The van der Waals surface area contributed by atoms with Gasteiger partial charge in [0.2, 0.25) is 0 Å². The molecule has 20 heavy (non-hydrogen) atoms. The van der Waals surface area contributed by atoms with Crippen molar-refractivity contribution in [2.24, 2.45) is 0 Å². The van der Waals surface area contributed by atoms with Crippen molar-refractivity contribution in [1.82, 2.24) is 5.32 Å². The molecule has 4 heteroatoms. The molecule has 1 heterocycles. The summed E-state index contributed by atoms with van der Waals surface area (Å²) in [6, 6.07) is 7.29. The van der Waals surface area contributed by atoms with Crippen LogP contribution in [0.4, 0.5) is 5.69 Å². The maximum Gasteiger partial charge on any atom is 0.0415 e. The predicted octanol–water partition coefficient (Wildman–Crippen LogP) is 4.28. The Bertz CT molecular complexity index is 438. The molecule has 1 aliphatic heterocycles. The Kier molecular flexibility index (Phi) is 6.24. The maximum absolute atomic E-state index is 3.61. The Hall–Kier alpha value is -0.190. The summed E-state index contributed by atoms with van der Waals surface area (Å²) in [5, 5.41) is 4.23. The van der Waals surface area contributed by atoms with E-state index in [0.717, 1.165) is 19.6 Å². The van der Waals surface area contributed by atoms with Crippen molar-refractivity contribution in [2.75, 3.05) is 23.7 Å². The fourth-order valence-electron chi connectivity index (χ4n) is 2.65. The molecule has 0 radical (unpaired) electrons. The van der Waals surface area contributed by atoms with Crippen molar-refractivity contribution in [2.45, 2.75) is 45.0 Å². The van der Waals surface area contributed by atoms with Crippen molar-refractivity contribution in [3.63, 3.8) is 0 Å². The molecule has 0 amide bonds. The van der Waals surface area contributed by atoms with Crippen LogP contribution in [0.15, 0.2) is 22.7 Å². The van der Waals surface area contributed by atoms with Crippen LogP contribution < -0.4 is 10.2 Å². The van der Waals surface area contributed by atoms with E-state index in [9.17, 15) is 0 Å². The van der Waals surface area contributed by atoms with Gasteiger partial charge < -0.3 is 10.2 Å². The zero-order valence-corrected chi connectivity index (χ0v) is 15.1. The quantitative estimate of drug-likeness (QED) is 0.792. The molecule has 1 N–H and O–H groups in total. The molecule has 0 aliphatic carbocycles. The first-order chi connectivity index (χ1) is 9.63. The average molecular weight is 357 g/mol. The zero-order valence-electron chi connectivity index (χ0n) is 12.7. The molecule has 112 valence electrons. The van der Waals surface area contributed by atoms with Gasteiger partial charge in [-0.1, -0.05) is 29.8 Å². The second kappa shape index (κ2) is 7.71. The van der Waals surface area contributed by atoms with Crippen LogP contribution in [0.2, 0.25) is 0 Å². The highest BCUT2D eigenvalue weighted by Gasteiger charge is 2.26. The summed E-state index contributed by atoms with van der Waals surface area (Å²) in [6.07, 6.45) is 1.18. The fourth-order valence-corrected chi connectivity index (χ4v) is 4.16. The molecule has 1 saturated heterocycles. The molecule has 0 saturated carbocycles. The van der Waals surface area contributed by atoms with Crippen LogP contribution in [-0.2, 0) is 6.54 Å². The van der Waals surface area contributed by atoms with Crippen LogP contribution in [0, 0.1) is 0 Å². The first kappa shape index (κ1) is 16.2. The molecule has 0 bridgehead atoms. The molecule has 1 fully saturated rings. The summed E-state index contributed by atoms with van der Waals surface area (Å²) in [7, 11) is 0. The zero-order chi connectivity index (χ0) is 14.5. The van der Waals surface area contributed by atoms with Gasteiger partial charge in [-0.15, -0.1) is 0 Å². The highest BCUT2D eigenvalue weighted by atomic mass is 79.9. The van der Waals surface area contributed by atoms with Crippen LogP contribution in [0.1, 0.15) is 32.8 Å². The third-order valence-electron chi connectivity index (χ3n) is 3.98. The number of benzene rings is 1. The van der Waals surface area contributed by atoms with Crippen molar-refractivity contribution in [3.05, 3.63) is 28.2 Å². The summed E-state index contributed by atoms with van der Waals surface area (Å²) in [6.45, 7) is 10.1. The monoisotopic (exact) mass is 356 g/mol. The van der Waals surface area contributed by atoms with Crippen LogP contribution in [0.25, 0.3) is 0 Å². The summed E-state index contributed by atoms with van der Waals surface area (Å²) >= 11 is 5.69. The molecule has 2 atom stereocenters. The Morgan fingerprint density at radius 2 is 2.20 bits per heavy atom. The number of thioether (sulfide) groups is 1. The standard InChI is InChI=1S/C16H25BrN2S/c1-4-7-18-11-14-10-15(17)5-6-16(14)19-8-9-20-13(3)12(19)2/h5-6,10,12-13,18H,4,7-9,11H2,1-3H3. The maximum atomic E-state index is 3.61. The molecule has 0 aromatic heterocycles. The minimum Gasteiger partial charge on any atom is -0.367 e. The van der Waals surface area contributed by atoms with Gasteiger partial charge in [0.25, 0.3) is 0 Å². The number of rotatable bonds is 5. The average Bonchev–Trinajstić information content (AvgIpc) is 2.43. The van der Waals surface area contributed by atoms with E-state index in [2.05, 4.69) is 76.9 Å². The second-order valence-corrected chi connectivity index (χ2v) is 7.86. The number of hydrogen-bond donors (Lipinski definition) is 1. The Labute approximate surface area is 135 Å². The number of nitrogens with one attached hydrogen (secondary N) is 1. The van der Waals surface area contributed by atoms with Gasteiger partial charge in [-0.3, -0.25) is 0 Å². The van der Waals surface area contributed by atoms with Gasteiger partial charge in [-0.05, 0) is 43.7 Å². The first-order valence-corrected chi connectivity index (χ1v) is 9.35. The Morgan fingerprint density at radius 3 is 2.95 bits per heavy atom. The van der Waals surface area contributed by atoms with Crippen molar-refractivity contribution < 1.29 is 0 Å². The van der Waals surface area contributed by atoms with E-state index in [1.54, 1.807) is 0 Å². The van der Waals surface area contributed by atoms with Gasteiger partial charge >= 0.3 is 0 Å². The molecular formula is C16H25BrN2S. The molecular weight excluding hydrogens is 332 g/mol. The molecule has 2 rings (SSSR count). The van der Waals surface area contributed by atoms with E-state index >= 15 is 0 Å². The lowest BCUT2D eigenvalue weighted by Gasteiger charge is -2.40. The van der Waals surface area contributed by atoms with Gasteiger partial charge in [0, 0.05) is 40.3 Å². The number of anilines is 1. The summed E-state index contributed by atoms with van der Waals surface area (Å²) in [4.78, 5) is 2.58. The van der Waals surface area contributed by atoms with Crippen LogP contribution in [-0.4, -0.2) is 30.1 Å². The largest absolute Gasteiger partial charge is 0.367 e. The van der Waals surface area contributed by atoms with Crippen molar-refractivity contribution in [3.8, 4) is 0 Å². The van der Waals surface area contributed by atoms with E-state index in [-0.39, 0.29) is 0 Å². The minimum absolute atomic E-state index is 0.597. The Balaban J connectivity index is 2.20. The number of hydrogen-bond acceptors (Lipinski definition) is 3. The molecule has 2 nitrogen and oxygen atoms in total. The van der Waals surface area contributed by atoms with Gasteiger partial charge in [0.05, 0.1) is 0 Å². The normalized spacial score (nSPS) is 23.1. The van der Waals surface area contributed by atoms with Gasteiger partial charge in [0.15, 0.2) is 0 Å². The van der Waals surface area contributed by atoms with Crippen molar-refractivity contribution in [1.29, 1.82) is 0 Å². The minimum atomic E-state index is 0.597. The third-order valence-corrected chi connectivity index (χ3v) is 5.81. The highest BCUT2D eigenvalue weighted by Crippen LogP contribution is 2.32. The summed E-state index contributed by atoms with van der Waals surface area (Å²) in [5.41, 5.74) is 2.80. The highest BCUT2D eigenvalue weighted by molar-refractivity contribution is 9.10. The lowest BCUT2D eigenvalue weighted by atomic mass is 10.1. The van der Waals surface area contributed by atoms with E-state index in [4.69, 9.17) is 0 Å². The predicted molar refractivity (Wildman–Crippen MR) is 94.9 cm³/mol. The SMILES string of the molecule is CCCNCc1cc(Br)ccc1N1CCSC(C)C1C. The second-order valence-electron chi connectivity index (χ2n) is 5.46. The summed E-state index contributed by atoms with van der Waals surface area (Å²) < 4.78 is 1.17. The lowest BCUT2D eigenvalue weighted by Crippen LogP contribution is -2.45. The fraction of sp³-hybridized carbons (Fsp3) is 0.625. The Morgan fingerprint density at radius 1 is 1.40 bits per heavy atom. The molecule has 1 aromatic rings. The van der Waals surface area contributed by atoms with Crippen molar-refractivity contribution >= 4 is 33.4 Å². The van der Waals surface area contributed by atoms with E-state index < -0.39 is 0 Å². The van der Waals surface area contributed by atoms with Gasteiger partial charge in [0.1, 0.15) is 0 Å². The van der Waals surface area contributed by atoms with Gasteiger partial charge in [-0.25, -0.2) is 0 Å². The lowest BCUT2D eigenvalue weighted by molar-refractivity contribution is 0.618. The number of nitrogens with zero attached hydrogens (tertiary/aromatic N) is 1. The van der Waals surface area contributed by atoms with E-state index in [0.29, 0.717) is 11.3 Å². The van der Waals surface area contributed by atoms with E-state index in [1.165, 1.54) is 27.9 Å². The van der Waals surface area contributed by atoms with Gasteiger partial charge in [-0.2, -0.15) is 11.8 Å². The third kappa shape index (κ3) is 3.92. The first-order valence-electron chi connectivity index (χ1n) is 7.51. The molecule has 1 aromatic carbocycles. The molecule has 1 aliphatic rings. The summed E-state index contributed by atoms with van der Waals surface area (Å²) in [5.74, 6) is 1.23. The van der Waals surface area contributed by atoms with E-state index in [1.807, 2.05) is 0 Å².